The predicted molar refractivity (Wildman–Crippen MR) is 131 cm³/mol. The zero-order valence-corrected chi connectivity index (χ0v) is 19.2. The van der Waals surface area contributed by atoms with E-state index in [0.29, 0.717) is 11.1 Å². The second kappa shape index (κ2) is 8.10. The van der Waals surface area contributed by atoms with Crippen molar-refractivity contribution in [1.29, 1.82) is 0 Å². The van der Waals surface area contributed by atoms with E-state index in [1.54, 1.807) is 0 Å². The van der Waals surface area contributed by atoms with E-state index < -0.39 is 4.75 Å². The van der Waals surface area contributed by atoms with E-state index in [2.05, 4.69) is 41.7 Å². The van der Waals surface area contributed by atoms with Crippen LogP contribution in [-0.4, -0.2) is 27.8 Å². The normalized spacial score (nSPS) is 14.0. The highest BCUT2D eigenvalue weighted by molar-refractivity contribution is 8.01. The molecule has 1 fully saturated rings. The van der Waals surface area contributed by atoms with Crippen LogP contribution in [0, 0.1) is 0 Å². The van der Waals surface area contributed by atoms with Crippen LogP contribution in [0.3, 0.4) is 0 Å². The number of esters is 1. The summed E-state index contributed by atoms with van der Waals surface area (Å²) in [5, 5.41) is 7.50. The maximum atomic E-state index is 12.2. The summed E-state index contributed by atoms with van der Waals surface area (Å²) in [6, 6.07) is 20.8. The van der Waals surface area contributed by atoms with Gasteiger partial charge in [0.2, 0.25) is 0 Å². The summed E-state index contributed by atoms with van der Waals surface area (Å²) >= 11 is 1.30. The number of ether oxygens (including phenoxy) is 1. The number of aromatic nitrogens is 2. The lowest BCUT2D eigenvalue weighted by Crippen LogP contribution is -2.29. The number of thioether (sulfide) groups is 1. The van der Waals surface area contributed by atoms with Gasteiger partial charge in [-0.1, -0.05) is 54.2 Å². The third-order valence-electron chi connectivity index (χ3n) is 5.83. The Morgan fingerprint density at radius 1 is 0.969 bits per heavy atom. The molecule has 5 nitrogen and oxygen atoms in total. The van der Waals surface area contributed by atoms with Crippen molar-refractivity contribution in [3.63, 3.8) is 0 Å². The van der Waals surface area contributed by atoms with Gasteiger partial charge in [0, 0.05) is 16.5 Å². The monoisotopic (exact) mass is 443 g/mol. The van der Waals surface area contributed by atoms with Crippen molar-refractivity contribution in [2.75, 3.05) is 12.4 Å². The molecule has 32 heavy (non-hydrogen) atoms. The Hall–Kier alpha value is -3.12. The Bertz CT molecular complexity index is 1330. The molecule has 1 N–H and O–H groups in total. The van der Waals surface area contributed by atoms with Gasteiger partial charge in [0.1, 0.15) is 10.6 Å². The molecular formula is C26H25N3O2S. The van der Waals surface area contributed by atoms with Crippen LogP contribution in [0.4, 0.5) is 11.5 Å². The summed E-state index contributed by atoms with van der Waals surface area (Å²) in [5.74, 6) is 1.09. The minimum Gasteiger partial charge on any atom is -0.468 e. The van der Waals surface area contributed by atoms with Gasteiger partial charge in [-0.05, 0) is 61.8 Å². The van der Waals surface area contributed by atoms with Crippen LogP contribution in [0.1, 0.15) is 38.2 Å². The van der Waals surface area contributed by atoms with E-state index in [-0.39, 0.29) is 5.97 Å². The molecule has 5 rings (SSSR count). The first-order chi connectivity index (χ1) is 15.5. The van der Waals surface area contributed by atoms with Crippen molar-refractivity contribution in [3.8, 4) is 0 Å². The second-order valence-corrected chi connectivity index (χ2v) is 10.2. The molecule has 0 unspecified atom stereocenters. The lowest BCUT2D eigenvalue weighted by molar-refractivity contribution is -0.142. The number of nitrogens with one attached hydrogen (secondary N) is 1. The van der Waals surface area contributed by atoms with Gasteiger partial charge in [-0.25, -0.2) is 9.97 Å². The van der Waals surface area contributed by atoms with E-state index in [9.17, 15) is 4.79 Å². The van der Waals surface area contributed by atoms with Gasteiger partial charge in [0.25, 0.3) is 0 Å². The molecule has 4 aromatic rings. The van der Waals surface area contributed by atoms with Gasteiger partial charge in [0.05, 0.1) is 12.6 Å². The highest BCUT2D eigenvalue weighted by Crippen LogP contribution is 2.45. The maximum Gasteiger partial charge on any atom is 0.321 e. The lowest BCUT2D eigenvalue weighted by Gasteiger charge is -2.20. The molecule has 162 valence electrons. The SMILES string of the molecule is COC(=O)C(C)(C)Sc1nc(Nc2ccc(C3CC3)c3ccccc23)c2ccccc2n1. The first-order valence-electron chi connectivity index (χ1n) is 10.8. The van der Waals surface area contributed by atoms with Crippen LogP contribution in [0.15, 0.2) is 65.8 Å². The standard InChI is InChI=1S/C26H25N3O2S/c1-26(2,24(30)31-3)32-25-28-21-11-7-6-10-20(21)23(29-25)27-22-15-14-17(16-12-13-16)18-8-4-5-9-19(18)22/h4-11,14-16H,12-13H2,1-3H3,(H,27,28,29). The van der Waals surface area contributed by atoms with Gasteiger partial charge in [0.15, 0.2) is 5.16 Å². The summed E-state index contributed by atoms with van der Waals surface area (Å²) in [6.45, 7) is 3.64. The summed E-state index contributed by atoms with van der Waals surface area (Å²) in [7, 11) is 1.40. The van der Waals surface area contributed by atoms with Crippen molar-refractivity contribution in [2.24, 2.45) is 0 Å². The number of fused-ring (bicyclic) bond motifs is 2. The summed E-state index contributed by atoms with van der Waals surface area (Å²) < 4.78 is 4.15. The van der Waals surface area contributed by atoms with E-state index in [4.69, 9.17) is 14.7 Å². The number of hydrogen-bond acceptors (Lipinski definition) is 6. The predicted octanol–water partition coefficient (Wildman–Crippen LogP) is 6.45. The minimum absolute atomic E-state index is 0.310. The van der Waals surface area contributed by atoms with Gasteiger partial charge in [-0.3, -0.25) is 4.79 Å². The Morgan fingerprint density at radius 2 is 1.66 bits per heavy atom. The molecule has 6 heteroatoms. The number of anilines is 2. The van der Waals surface area contributed by atoms with Gasteiger partial charge in [-0.2, -0.15) is 0 Å². The molecule has 1 aliphatic carbocycles. The average molecular weight is 444 g/mol. The number of rotatable bonds is 6. The van der Waals surface area contributed by atoms with Crippen molar-refractivity contribution >= 4 is 50.9 Å². The quantitative estimate of drug-likeness (QED) is 0.210. The Balaban J connectivity index is 1.59. The smallest absolute Gasteiger partial charge is 0.321 e. The Labute approximate surface area is 191 Å². The average Bonchev–Trinajstić information content (AvgIpc) is 3.63. The first-order valence-corrected chi connectivity index (χ1v) is 11.6. The van der Waals surface area contributed by atoms with Gasteiger partial charge >= 0.3 is 5.97 Å². The summed E-state index contributed by atoms with van der Waals surface area (Å²) in [4.78, 5) is 21.7. The Kier molecular flexibility index (Phi) is 5.25. The molecule has 1 heterocycles. The fourth-order valence-electron chi connectivity index (χ4n) is 4.02. The number of carbonyl (C=O) groups is 1. The molecule has 1 aromatic heterocycles. The number of para-hydroxylation sites is 1. The molecule has 0 aliphatic heterocycles. The van der Waals surface area contributed by atoms with E-state index in [1.165, 1.54) is 48.0 Å². The molecular weight excluding hydrogens is 418 g/mol. The molecule has 0 amide bonds. The molecule has 0 radical (unpaired) electrons. The highest BCUT2D eigenvalue weighted by Gasteiger charge is 2.32. The minimum atomic E-state index is -0.799. The molecule has 0 bridgehead atoms. The third-order valence-corrected chi connectivity index (χ3v) is 6.88. The van der Waals surface area contributed by atoms with Crippen molar-refractivity contribution in [1.82, 2.24) is 9.97 Å². The van der Waals surface area contributed by atoms with Crippen LogP contribution in [-0.2, 0) is 9.53 Å². The maximum absolute atomic E-state index is 12.2. The molecule has 0 spiro atoms. The molecule has 1 aliphatic rings. The summed E-state index contributed by atoms with van der Waals surface area (Å²) in [5.41, 5.74) is 3.26. The van der Waals surface area contributed by atoms with E-state index in [1.807, 2.05) is 38.1 Å². The summed E-state index contributed by atoms with van der Waals surface area (Å²) in [6.07, 6.45) is 2.54. The fraction of sp³-hybridized carbons (Fsp3) is 0.269. The van der Waals surface area contributed by atoms with Crippen LogP contribution in [0.25, 0.3) is 21.7 Å². The zero-order chi connectivity index (χ0) is 22.3. The second-order valence-electron chi connectivity index (χ2n) is 8.62. The number of methoxy groups -OCH3 is 1. The van der Waals surface area contributed by atoms with E-state index in [0.717, 1.165) is 22.4 Å². The topological polar surface area (TPSA) is 64.1 Å². The number of carbonyl (C=O) groups excluding carboxylic acids is 1. The lowest BCUT2D eigenvalue weighted by atomic mass is 9.99. The van der Waals surface area contributed by atoms with Crippen LogP contribution >= 0.6 is 11.8 Å². The number of benzene rings is 3. The van der Waals surface area contributed by atoms with Gasteiger partial charge < -0.3 is 10.1 Å². The van der Waals surface area contributed by atoms with Crippen molar-refractivity contribution in [2.45, 2.75) is 42.5 Å². The molecule has 3 aromatic carbocycles. The zero-order valence-electron chi connectivity index (χ0n) is 18.4. The van der Waals surface area contributed by atoms with Crippen LogP contribution in [0.5, 0.6) is 0 Å². The van der Waals surface area contributed by atoms with Crippen molar-refractivity contribution in [3.05, 3.63) is 66.2 Å². The van der Waals surface area contributed by atoms with Gasteiger partial charge in [-0.15, -0.1) is 0 Å². The van der Waals surface area contributed by atoms with Crippen LogP contribution in [0.2, 0.25) is 0 Å². The molecule has 1 saturated carbocycles. The molecule has 0 atom stereocenters. The van der Waals surface area contributed by atoms with Crippen LogP contribution < -0.4 is 5.32 Å². The molecule has 0 saturated heterocycles. The highest BCUT2D eigenvalue weighted by atomic mass is 32.2. The number of hydrogen-bond donors (Lipinski definition) is 1. The first kappa shape index (κ1) is 20.8. The fourth-order valence-corrected chi connectivity index (χ4v) is 4.93. The number of nitrogens with zero attached hydrogens (tertiary/aromatic N) is 2. The third kappa shape index (κ3) is 3.91. The Morgan fingerprint density at radius 3 is 2.38 bits per heavy atom. The van der Waals surface area contributed by atoms with E-state index >= 15 is 0 Å². The largest absolute Gasteiger partial charge is 0.468 e. The van der Waals surface area contributed by atoms with Crippen molar-refractivity contribution < 1.29 is 9.53 Å².